The number of nitrogens with one attached hydrogen (secondary N) is 1. The van der Waals surface area contributed by atoms with Crippen LogP contribution < -0.4 is 15.2 Å². The number of nitrogens with two attached hydrogens (primary N) is 1. The number of nitrogens with zero attached hydrogens (tertiary/aromatic N) is 3. The van der Waals surface area contributed by atoms with Crippen LogP contribution in [-0.4, -0.2) is 30.1 Å². The van der Waals surface area contributed by atoms with E-state index in [-0.39, 0.29) is 11.8 Å². The molecule has 190 valence electrons. The van der Waals surface area contributed by atoms with Crippen LogP contribution >= 0.6 is 11.3 Å². The van der Waals surface area contributed by atoms with Crippen molar-refractivity contribution in [2.75, 3.05) is 12.4 Å². The predicted molar refractivity (Wildman–Crippen MR) is 145 cm³/mol. The summed E-state index contributed by atoms with van der Waals surface area (Å²) < 4.78 is 33.0. The smallest absolute Gasteiger partial charge is 0.216 e. The molecule has 0 amide bonds. The fourth-order valence-electron chi connectivity index (χ4n) is 4.36. The summed E-state index contributed by atoms with van der Waals surface area (Å²) in [6, 6.07) is 14.9. The fourth-order valence-corrected chi connectivity index (χ4v) is 6.40. The van der Waals surface area contributed by atoms with E-state index in [1.54, 1.807) is 13.4 Å². The molecule has 0 aliphatic rings. The van der Waals surface area contributed by atoms with Gasteiger partial charge in [0, 0.05) is 29.2 Å². The average Bonchev–Trinajstić information content (AvgIpc) is 3.47. The number of rotatable bonds is 10. The Balaban J connectivity index is 1.64. The molecule has 0 aliphatic carbocycles. The second kappa shape index (κ2) is 10.8. The minimum atomic E-state index is -3.88. The highest BCUT2D eigenvalue weighted by Crippen LogP contribution is 2.41. The van der Waals surface area contributed by atoms with E-state index in [2.05, 4.69) is 24.1 Å². The third-order valence-electron chi connectivity index (χ3n) is 5.90. The molecule has 0 radical (unpaired) electrons. The highest BCUT2D eigenvalue weighted by molar-refractivity contribution is 7.89. The first-order valence-corrected chi connectivity index (χ1v) is 14.1. The van der Waals surface area contributed by atoms with E-state index in [0.717, 1.165) is 17.1 Å². The first-order chi connectivity index (χ1) is 17.2. The van der Waals surface area contributed by atoms with Crippen LogP contribution in [0.1, 0.15) is 48.4 Å². The van der Waals surface area contributed by atoms with Gasteiger partial charge in [0.2, 0.25) is 10.0 Å². The van der Waals surface area contributed by atoms with Gasteiger partial charge in [-0.05, 0) is 37.0 Å². The minimum Gasteiger partial charge on any atom is -0.494 e. The van der Waals surface area contributed by atoms with E-state index in [4.69, 9.17) is 14.9 Å². The normalized spacial score (nSPS) is 13.5. The van der Waals surface area contributed by atoms with Crippen LogP contribution in [0.3, 0.4) is 0 Å². The second-order valence-corrected chi connectivity index (χ2v) is 11.7. The zero-order valence-corrected chi connectivity index (χ0v) is 22.4. The van der Waals surface area contributed by atoms with Gasteiger partial charge < -0.3 is 14.6 Å². The minimum absolute atomic E-state index is 0.254. The van der Waals surface area contributed by atoms with Crippen LogP contribution in [0.4, 0.5) is 10.8 Å². The van der Waals surface area contributed by atoms with Crippen molar-refractivity contribution in [1.82, 2.24) is 14.5 Å². The maximum atomic E-state index is 12.8. The third kappa shape index (κ3) is 5.95. The highest BCUT2D eigenvalue weighted by Gasteiger charge is 2.35. The van der Waals surface area contributed by atoms with Crippen LogP contribution in [-0.2, 0) is 10.0 Å². The number of thiazole rings is 1. The molecule has 1 unspecified atom stereocenters. The molecular formula is C26H31N5O3S2. The molecule has 36 heavy (non-hydrogen) atoms. The predicted octanol–water partition coefficient (Wildman–Crippen LogP) is 5.55. The number of hydrogen-bond donors (Lipinski definition) is 2. The van der Waals surface area contributed by atoms with Crippen molar-refractivity contribution in [3.8, 4) is 11.4 Å². The van der Waals surface area contributed by atoms with Gasteiger partial charge in [0.25, 0.3) is 0 Å². The molecule has 0 bridgehead atoms. The number of imidazole rings is 1. The van der Waals surface area contributed by atoms with Crippen LogP contribution in [0.5, 0.6) is 5.75 Å². The SMILES string of the molecule is COc1cc(Nc2nc([C@H](CC(C)C)C(c3ccccc3)S(N)(=O)=O)cs2)ccc1-n1cnc(C)c1. The summed E-state index contributed by atoms with van der Waals surface area (Å²) in [6.45, 7) is 6.07. The number of methoxy groups -OCH3 is 1. The van der Waals surface area contributed by atoms with E-state index >= 15 is 0 Å². The van der Waals surface area contributed by atoms with Gasteiger partial charge in [0.05, 0.1) is 30.5 Å². The van der Waals surface area contributed by atoms with Gasteiger partial charge in [-0.25, -0.2) is 23.5 Å². The van der Waals surface area contributed by atoms with Gasteiger partial charge in [0.15, 0.2) is 5.13 Å². The summed E-state index contributed by atoms with van der Waals surface area (Å²) in [5, 5.41) is 10.8. The van der Waals surface area contributed by atoms with Gasteiger partial charge in [-0.3, -0.25) is 0 Å². The molecule has 4 aromatic rings. The molecule has 0 fully saturated rings. The Morgan fingerprint density at radius 3 is 2.53 bits per heavy atom. The number of aryl methyl sites for hydroxylation is 1. The van der Waals surface area contributed by atoms with Crippen molar-refractivity contribution in [3.63, 3.8) is 0 Å². The first-order valence-electron chi connectivity index (χ1n) is 11.6. The van der Waals surface area contributed by atoms with Crippen molar-refractivity contribution in [2.24, 2.45) is 11.1 Å². The summed E-state index contributed by atoms with van der Waals surface area (Å²) in [6.07, 6.45) is 4.31. The Bertz CT molecular complexity index is 1410. The van der Waals surface area contributed by atoms with Gasteiger partial charge in [-0.2, -0.15) is 0 Å². The lowest BCUT2D eigenvalue weighted by Gasteiger charge is -2.26. The van der Waals surface area contributed by atoms with E-state index in [9.17, 15) is 8.42 Å². The molecule has 0 saturated heterocycles. The molecule has 0 spiro atoms. The van der Waals surface area contributed by atoms with Crippen molar-refractivity contribution in [3.05, 3.63) is 83.4 Å². The summed E-state index contributed by atoms with van der Waals surface area (Å²) >= 11 is 1.43. The van der Waals surface area contributed by atoms with Crippen LogP contribution in [0.15, 0.2) is 66.4 Å². The highest BCUT2D eigenvalue weighted by atomic mass is 32.2. The van der Waals surface area contributed by atoms with Crippen molar-refractivity contribution >= 4 is 32.2 Å². The Morgan fingerprint density at radius 2 is 1.92 bits per heavy atom. The maximum Gasteiger partial charge on any atom is 0.216 e. The van der Waals surface area contributed by atoms with Gasteiger partial charge >= 0.3 is 0 Å². The van der Waals surface area contributed by atoms with Crippen molar-refractivity contribution in [2.45, 2.75) is 38.4 Å². The van der Waals surface area contributed by atoms with Crippen LogP contribution in [0.2, 0.25) is 0 Å². The molecule has 0 aliphatic heterocycles. The standard InChI is InChI=1S/C26H31N5O3S2/c1-17(2)12-21(25(36(27,32)33)19-8-6-5-7-9-19)22-15-35-26(30-22)29-20-10-11-23(24(13-20)34-4)31-14-18(3)28-16-31/h5-11,13-17,21,25H,12H2,1-4H3,(H,29,30)(H2,27,32,33)/t21-,25?/m0/s1. The van der Waals surface area contributed by atoms with Crippen LogP contribution in [0.25, 0.3) is 5.69 Å². The van der Waals surface area contributed by atoms with E-state index < -0.39 is 15.3 Å². The quantitative estimate of drug-likeness (QED) is 0.281. The summed E-state index contributed by atoms with van der Waals surface area (Å²) in [5.41, 5.74) is 3.97. The maximum absolute atomic E-state index is 12.8. The summed E-state index contributed by atoms with van der Waals surface area (Å²) in [4.78, 5) is 9.07. The number of benzene rings is 2. The molecule has 3 N–H and O–H groups in total. The zero-order chi connectivity index (χ0) is 25.9. The largest absolute Gasteiger partial charge is 0.494 e. The fraction of sp³-hybridized carbons (Fsp3) is 0.308. The average molecular weight is 526 g/mol. The van der Waals surface area contributed by atoms with Crippen molar-refractivity contribution in [1.29, 1.82) is 0 Å². The molecule has 10 heteroatoms. The number of ether oxygens (including phenoxy) is 1. The monoisotopic (exact) mass is 525 g/mol. The molecule has 2 aromatic heterocycles. The molecular weight excluding hydrogens is 494 g/mol. The lowest BCUT2D eigenvalue weighted by molar-refractivity contribution is 0.413. The molecule has 0 saturated carbocycles. The second-order valence-electron chi connectivity index (χ2n) is 9.17. The zero-order valence-electron chi connectivity index (χ0n) is 20.8. The summed E-state index contributed by atoms with van der Waals surface area (Å²) in [7, 11) is -2.25. The number of aromatic nitrogens is 3. The van der Waals surface area contributed by atoms with E-state index in [1.807, 2.05) is 71.6 Å². The van der Waals surface area contributed by atoms with Crippen LogP contribution in [0, 0.1) is 12.8 Å². The third-order valence-corrected chi connectivity index (χ3v) is 7.98. The van der Waals surface area contributed by atoms with Gasteiger partial charge in [-0.1, -0.05) is 44.2 Å². The van der Waals surface area contributed by atoms with E-state index in [0.29, 0.717) is 28.6 Å². The Morgan fingerprint density at radius 1 is 1.17 bits per heavy atom. The summed E-state index contributed by atoms with van der Waals surface area (Å²) in [5.74, 6) is 0.561. The van der Waals surface area contributed by atoms with Gasteiger partial charge in [-0.15, -0.1) is 11.3 Å². The Labute approximate surface area is 216 Å². The number of anilines is 2. The lowest BCUT2D eigenvalue weighted by atomic mass is 9.88. The van der Waals surface area contributed by atoms with Gasteiger partial charge in [0.1, 0.15) is 11.0 Å². The topological polar surface area (TPSA) is 112 Å². The molecule has 2 aromatic carbocycles. The Hall–Kier alpha value is -3.21. The molecule has 4 rings (SSSR count). The number of hydrogen-bond acceptors (Lipinski definition) is 7. The van der Waals surface area contributed by atoms with Crippen molar-refractivity contribution < 1.29 is 13.2 Å². The molecule has 2 atom stereocenters. The Kier molecular flexibility index (Phi) is 7.77. The lowest BCUT2D eigenvalue weighted by Crippen LogP contribution is -2.28. The number of primary sulfonamides is 1. The first kappa shape index (κ1) is 25.9. The van der Waals surface area contributed by atoms with E-state index in [1.165, 1.54) is 11.3 Å². The number of sulfonamides is 1. The molecule has 8 nitrogen and oxygen atoms in total. The molecule has 2 heterocycles.